The molecule has 2 aromatic rings. The molecule has 1 aromatic carbocycles. The van der Waals surface area contributed by atoms with E-state index >= 15 is 0 Å². The van der Waals surface area contributed by atoms with Crippen LogP contribution in [-0.4, -0.2) is 45.1 Å². The number of rotatable bonds is 6. The number of carboxylic acids is 2. The lowest BCUT2D eigenvalue weighted by molar-refractivity contribution is -0.192. The zero-order valence-electron chi connectivity index (χ0n) is 18.1. The van der Waals surface area contributed by atoms with Gasteiger partial charge in [0, 0.05) is 30.2 Å². The Morgan fingerprint density at radius 1 is 1.00 bits per heavy atom. The van der Waals surface area contributed by atoms with Gasteiger partial charge in [0.1, 0.15) is 0 Å². The fourth-order valence-electron chi connectivity index (χ4n) is 3.21. The molecule has 9 nitrogen and oxygen atoms in total. The summed E-state index contributed by atoms with van der Waals surface area (Å²) >= 11 is 0. The molecule has 0 saturated heterocycles. The van der Waals surface area contributed by atoms with Gasteiger partial charge in [0.2, 0.25) is 5.91 Å². The fraction of sp³-hybridized carbons (Fsp3) is 0.318. The Labute approximate surface area is 192 Å². The maximum atomic E-state index is 12.4. The lowest BCUT2D eigenvalue weighted by Gasteiger charge is -2.15. The van der Waals surface area contributed by atoms with Crippen LogP contribution in [-0.2, 0) is 20.9 Å². The summed E-state index contributed by atoms with van der Waals surface area (Å²) in [6, 6.07) is 10.2. The van der Waals surface area contributed by atoms with Crippen LogP contribution in [0, 0.1) is 10.8 Å². The molecule has 1 unspecified atom stereocenters. The van der Waals surface area contributed by atoms with Gasteiger partial charge in [0.25, 0.3) is 5.91 Å². The number of aliphatic carboxylic acids is 2. The highest BCUT2D eigenvalue weighted by molar-refractivity contribution is 6.06. The van der Waals surface area contributed by atoms with E-state index in [0.29, 0.717) is 17.7 Å². The summed E-state index contributed by atoms with van der Waals surface area (Å²) in [6.07, 6.45) is -1.58. The number of aromatic nitrogens is 1. The van der Waals surface area contributed by atoms with Crippen molar-refractivity contribution >= 4 is 29.4 Å². The van der Waals surface area contributed by atoms with Crippen LogP contribution >= 0.6 is 0 Å². The quantitative estimate of drug-likeness (QED) is 0.464. The van der Waals surface area contributed by atoms with Gasteiger partial charge in [-0.05, 0) is 41.7 Å². The Hall–Kier alpha value is -3.96. The summed E-state index contributed by atoms with van der Waals surface area (Å²) < 4.78 is 31.7. The molecule has 1 aliphatic carbocycles. The number of alkyl halides is 3. The second-order valence-electron chi connectivity index (χ2n) is 8.14. The molecule has 1 aliphatic rings. The van der Waals surface area contributed by atoms with E-state index in [0.717, 1.165) is 5.56 Å². The third-order valence-corrected chi connectivity index (χ3v) is 5.34. The van der Waals surface area contributed by atoms with E-state index in [1.54, 1.807) is 62.6 Å². The van der Waals surface area contributed by atoms with Crippen LogP contribution in [0.15, 0.2) is 48.8 Å². The van der Waals surface area contributed by atoms with Crippen molar-refractivity contribution in [2.24, 2.45) is 10.8 Å². The first-order valence-electron chi connectivity index (χ1n) is 9.83. The standard InChI is InChI=1S/C20H21N3O4.C2HF3O2/c1-19(2)12-20(19,18(26)27)17(25)22-11-13-3-5-14(6-4-13)16(24)23-15-7-9-21-10-8-15;3-2(4,5)1(6)7/h3-10H,11-12H2,1-2H3,(H,22,25)(H,26,27)(H,21,23,24);(H,6,7). The Bertz CT molecular complexity index is 1070. The summed E-state index contributed by atoms with van der Waals surface area (Å²) in [7, 11) is 0. The number of hydrogen-bond donors (Lipinski definition) is 4. The Balaban J connectivity index is 0.000000509. The minimum absolute atomic E-state index is 0.205. The molecule has 1 saturated carbocycles. The number of benzene rings is 1. The predicted octanol–water partition coefficient (Wildman–Crippen LogP) is 3.08. The lowest BCUT2D eigenvalue weighted by Crippen LogP contribution is -2.39. The summed E-state index contributed by atoms with van der Waals surface area (Å²) in [5, 5.41) is 22.0. The molecule has 1 heterocycles. The van der Waals surface area contributed by atoms with Gasteiger partial charge in [-0.2, -0.15) is 13.2 Å². The zero-order chi connectivity index (χ0) is 25.7. The van der Waals surface area contributed by atoms with Crippen LogP contribution in [0.5, 0.6) is 0 Å². The van der Waals surface area contributed by atoms with Crippen molar-refractivity contribution in [1.29, 1.82) is 0 Å². The lowest BCUT2D eigenvalue weighted by atomic mass is 9.95. The highest BCUT2D eigenvalue weighted by Crippen LogP contribution is 2.63. The van der Waals surface area contributed by atoms with Crippen molar-refractivity contribution in [3.8, 4) is 0 Å². The number of amides is 2. The molecule has 1 fully saturated rings. The monoisotopic (exact) mass is 481 g/mol. The van der Waals surface area contributed by atoms with Gasteiger partial charge in [0.05, 0.1) is 0 Å². The predicted molar refractivity (Wildman–Crippen MR) is 113 cm³/mol. The van der Waals surface area contributed by atoms with Gasteiger partial charge < -0.3 is 20.8 Å². The number of hydrogen-bond acceptors (Lipinski definition) is 5. The highest BCUT2D eigenvalue weighted by Gasteiger charge is 2.71. The van der Waals surface area contributed by atoms with E-state index in [-0.39, 0.29) is 12.5 Å². The molecule has 1 atom stereocenters. The minimum Gasteiger partial charge on any atom is -0.480 e. The average molecular weight is 481 g/mol. The Morgan fingerprint density at radius 2 is 1.50 bits per heavy atom. The number of halogens is 3. The van der Waals surface area contributed by atoms with E-state index < -0.39 is 34.9 Å². The summed E-state index contributed by atoms with van der Waals surface area (Å²) in [5.41, 5.74) is 0.0160. The van der Waals surface area contributed by atoms with E-state index in [9.17, 15) is 32.7 Å². The maximum absolute atomic E-state index is 12.4. The van der Waals surface area contributed by atoms with Crippen LogP contribution in [0.3, 0.4) is 0 Å². The molecule has 0 spiro atoms. The van der Waals surface area contributed by atoms with E-state index in [1.165, 1.54) is 0 Å². The number of nitrogens with one attached hydrogen (secondary N) is 2. The highest BCUT2D eigenvalue weighted by atomic mass is 19.4. The normalized spacial score (nSPS) is 18.0. The zero-order valence-corrected chi connectivity index (χ0v) is 18.1. The number of carbonyl (C=O) groups excluding carboxylic acids is 2. The van der Waals surface area contributed by atoms with Gasteiger partial charge in [-0.15, -0.1) is 0 Å². The summed E-state index contributed by atoms with van der Waals surface area (Å²) in [5.74, 6) is -4.57. The van der Waals surface area contributed by atoms with Crippen molar-refractivity contribution in [1.82, 2.24) is 10.3 Å². The van der Waals surface area contributed by atoms with Crippen LogP contribution in [0.1, 0.15) is 36.2 Å². The summed E-state index contributed by atoms with van der Waals surface area (Å²) in [6.45, 7) is 3.75. The largest absolute Gasteiger partial charge is 0.490 e. The molecule has 12 heteroatoms. The van der Waals surface area contributed by atoms with Crippen molar-refractivity contribution in [2.75, 3.05) is 5.32 Å². The van der Waals surface area contributed by atoms with Crippen LogP contribution < -0.4 is 10.6 Å². The van der Waals surface area contributed by atoms with Gasteiger partial charge in [-0.25, -0.2) is 4.79 Å². The van der Waals surface area contributed by atoms with Crippen molar-refractivity contribution < 1.29 is 42.6 Å². The molecule has 34 heavy (non-hydrogen) atoms. The molecule has 1 aromatic heterocycles. The molecule has 2 amide bonds. The minimum atomic E-state index is -5.08. The number of pyridine rings is 1. The van der Waals surface area contributed by atoms with Gasteiger partial charge >= 0.3 is 18.1 Å². The van der Waals surface area contributed by atoms with E-state index in [4.69, 9.17) is 9.90 Å². The molecule has 3 rings (SSSR count). The topological polar surface area (TPSA) is 146 Å². The van der Waals surface area contributed by atoms with Gasteiger partial charge in [-0.3, -0.25) is 19.4 Å². The first kappa shape index (κ1) is 26.3. The molecule has 0 aliphatic heterocycles. The van der Waals surface area contributed by atoms with Crippen molar-refractivity contribution in [2.45, 2.75) is 33.0 Å². The Kier molecular flexibility index (Phi) is 7.65. The maximum Gasteiger partial charge on any atom is 0.490 e. The molecular weight excluding hydrogens is 459 g/mol. The Morgan fingerprint density at radius 3 is 1.91 bits per heavy atom. The van der Waals surface area contributed by atoms with Crippen molar-refractivity contribution in [3.05, 3.63) is 59.9 Å². The summed E-state index contributed by atoms with van der Waals surface area (Å²) in [4.78, 5) is 48.9. The SMILES string of the molecule is CC1(C)CC1(C(=O)O)C(=O)NCc1ccc(C(=O)Nc2ccncc2)cc1.O=C(O)C(F)(F)F. The van der Waals surface area contributed by atoms with Crippen LogP contribution in [0.4, 0.5) is 18.9 Å². The van der Waals surface area contributed by atoms with Crippen molar-refractivity contribution in [3.63, 3.8) is 0 Å². The number of nitrogens with zero attached hydrogens (tertiary/aromatic N) is 1. The number of carbonyl (C=O) groups is 4. The molecule has 4 N–H and O–H groups in total. The third-order valence-electron chi connectivity index (χ3n) is 5.34. The second kappa shape index (κ2) is 9.89. The van der Waals surface area contributed by atoms with E-state index in [2.05, 4.69) is 15.6 Å². The number of carboxylic acid groups (broad SMARTS) is 2. The number of anilines is 1. The molecule has 0 radical (unpaired) electrons. The first-order valence-corrected chi connectivity index (χ1v) is 9.83. The van der Waals surface area contributed by atoms with Crippen LogP contribution in [0.2, 0.25) is 0 Å². The second-order valence-corrected chi connectivity index (χ2v) is 8.14. The third kappa shape index (κ3) is 6.09. The smallest absolute Gasteiger partial charge is 0.480 e. The van der Waals surface area contributed by atoms with Gasteiger partial charge in [-0.1, -0.05) is 26.0 Å². The van der Waals surface area contributed by atoms with Crippen LogP contribution in [0.25, 0.3) is 0 Å². The first-order chi connectivity index (χ1) is 15.7. The van der Waals surface area contributed by atoms with E-state index in [1.807, 2.05) is 0 Å². The molecule has 0 bridgehead atoms. The average Bonchev–Trinajstić information content (AvgIpc) is 3.36. The fourth-order valence-corrected chi connectivity index (χ4v) is 3.21. The molecule has 182 valence electrons. The molecular formula is C22H22F3N3O6. The van der Waals surface area contributed by atoms with Gasteiger partial charge in [0.15, 0.2) is 5.41 Å².